The fraction of sp³-hybridized carbons (Fsp3) is 0.222. The number of ether oxygens (including phenoxy) is 2. The number of hydrogen-bond acceptors (Lipinski definition) is 4. The van der Waals surface area contributed by atoms with Crippen molar-refractivity contribution >= 4 is 12.0 Å². The molecule has 0 saturated carbocycles. The van der Waals surface area contributed by atoms with Crippen LogP contribution in [0.15, 0.2) is 90.6 Å². The van der Waals surface area contributed by atoms with E-state index >= 15 is 0 Å². The third-order valence-electron chi connectivity index (χ3n) is 5.21. The van der Waals surface area contributed by atoms with Crippen molar-refractivity contribution in [3.8, 4) is 17.2 Å². The van der Waals surface area contributed by atoms with Crippen molar-refractivity contribution in [1.82, 2.24) is 4.90 Å². The Bertz CT molecular complexity index is 1030. The van der Waals surface area contributed by atoms with E-state index in [2.05, 4.69) is 11.5 Å². The number of aliphatic carboxylic acids is 1. The SMILES string of the molecule is C=C(\C=C/C(/C=C/c1cc(Oc2ccccc2)ccc1OC)=C\C)CN1CC(C(=O)O)C1. The number of methoxy groups -OCH3 is 1. The Balaban J connectivity index is 1.62. The molecule has 0 atom stereocenters. The second kappa shape index (κ2) is 11.2. The number of para-hydroxylation sites is 1. The van der Waals surface area contributed by atoms with Crippen LogP contribution < -0.4 is 9.47 Å². The van der Waals surface area contributed by atoms with Crippen molar-refractivity contribution in [2.45, 2.75) is 6.92 Å². The summed E-state index contributed by atoms with van der Waals surface area (Å²) < 4.78 is 11.4. The summed E-state index contributed by atoms with van der Waals surface area (Å²) in [5, 5.41) is 8.98. The van der Waals surface area contributed by atoms with Crippen LogP contribution >= 0.6 is 0 Å². The average molecular weight is 432 g/mol. The molecule has 1 heterocycles. The second-order valence-corrected chi connectivity index (χ2v) is 7.66. The Morgan fingerprint density at radius 1 is 1.12 bits per heavy atom. The first kappa shape index (κ1) is 23.1. The number of rotatable bonds is 10. The lowest BCUT2D eigenvalue weighted by Gasteiger charge is -2.36. The minimum Gasteiger partial charge on any atom is -0.496 e. The molecular formula is C27H29NO4. The lowest BCUT2D eigenvalue weighted by atomic mass is 9.99. The quantitative estimate of drug-likeness (QED) is 0.498. The lowest BCUT2D eigenvalue weighted by Crippen LogP contribution is -2.50. The van der Waals surface area contributed by atoms with Crippen LogP contribution in [0.5, 0.6) is 17.2 Å². The molecule has 1 aliphatic heterocycles. The van der Waals surface area contributed by atoms with Crippen molar-refractivity contribution in [1.29, 1.82) is 0 Å². The predicted molar refractivity (Wildman–Crippen MR) is 128 cm³/mol. The second-order valence-electron chi connectivity index (χ2n) is 7.66. The van der Waals surface area contributed by atoms with E-state index < -0.39 is 5.97 Å². The van der Waals surface area contributed by atoms with E-state index in [4.69, 9.17) is 14.6 Å². The highest BCUT2D eigenvalue weighted by molar-refractivity contribution is 5.71. The molecule has 0 unspecified atom stereocenters. The molecule has 0 radical (unpaired) electrons. The Hall–Kier alpha value is -3.57. The van der Waals surface area contributed by atoms with Gasteiger partial charge >= 0.3 is 5.97 Å². The molecule has 5 heteroatoms. The summed E-state index contributed by atoms with van der Waals surface area (Å²) >= 11 is 0. The fourth-order valence-corrected chi connectivity index (χ4v) is 3.37. The molecule has 0 amide bonds. The van der Waals surface area contributed by atoms with Gasteiger partial charge in [-0.1, -0.05) is 55.2 Å². The molecule has 1 saturated heterocycles. The Morgan fingerprint density at radius 3 is 2.53 bits per heavy atom. The van der Waals surface area contributed by atoms with Gasteiger partial charge in [-0.15, -0.1) is 0 Å². The normalized spacial score (nSPS) is 15.1. The molecule has 0 spiro atoms. The van der Waals surface area contributed by atoms with Crippen LogP contribution in [0.4, 0.5) is 0 Å². The van der Waals surface area contributed by atoms with E-state index in [-0.39, 0.29) is 5.92 Å². The smallest absolute Gasteiger partial charge is 0.309 e. The van der Waals surface area contributed by atoms with E-state index in [1.807, 2.05) is 85.8 Å². The van der Waals surface area contributed by atoms with E-state index in [9.17, 15) is 4.79 Å². The summed E-state index contributed by atoms with van der Waals surface area (Å²) in [5.41, 5.74) is 2.87. The molecule has 3 rings (SSSR count). The van der Waals surface area contributed by atoms with Gasteiger partial charge in [-0.2, -0.15) is 0 Å². The average Bonchev–Trinajstić information content (AvgIpc) is 2.76. The van der Waals surface area contributed by atoms with Crippen LogP contribution in [0.25, 0.3) is 6.08 Å². The highest BCUT2D eigenvalue weighted by Crippen LogP contribution is 2.29. The van der Waals surface area contributed by atoms with E-state index in [0.29, 0.717) is 19.6 Å². The molecule has 0 aromatic heterocycles. The zero-order valence-electron chi connectivity index (χ0n) is 18.5. The van der Waals surface area contributed by atoms with Crippen LogP contribution in [-0.2, 0) is 4.79 Å². The molecule has 1 N–H and O–H groups in total. The number of carboxylic acids is 1. The van der Waals surface area contributed by atoms with Crippen LogP contribution in [0, 0.1) is 5.92 Å². The van der Waals surface area contributed by atoms with Gasteiger partial charge in [0.1, 0.15) is 17.2 Å². The summed E-state index contributed by atoms with van der Waals surface area (Å²) in [6.07, 6.45) is 10.00. The Kier molecular flexibility index (Phi) is 8.06. The zero-order valence-corrected chi connectivity index (χ0v) is 18.5. The number of benzene rings is 2. The van der Waals surface area contributed by atoms with Crippen molar-refractivity contribution in [3.63, 3.8) is 0 Å². The molecule has 2 aromatic carbocycles. The minimum atomic E-state index is -0.725. The molecule has 0 bridgehead atoms. The van der Waals surface area contributed by atoms with Gasteiger partial charge in [0.25, 0.3) is 0 Å². The van der Waals surface area contributed by atoms with Crippen molar-refractivity contribution in [3.05, 3.63) is 96.1 Å². The molecule has 1 fully saturated rings. The van der Waals surface area contributed by atoms with Crippen LogP contribution in [-0.4, -0.2) is 42.7 Å². The number of carbonyl (C=O) groups is 1. The summed E-state index contributed by atoms with van der Waals surface area (Å²) in [4.78, 5) is 13.0. The van der Waals surface area contributed by atoms with Gasteiger partial charge < -0.3 is 14.6 Å². The van der Waals surface area contributed by atoms with Crippen molar-refractivity contribution < 1.29 is 19.4 Å². The van der Waals surface area contributed by atoms with Gasteiger partial charge in [-0.05, 0) is 48.4 Å². The highest BCUT2D eigenvalue weighted by atomic mass is 16.5. The first-order chi connectivity index (χ1) is 15.5. The number of nitrogens with zero attached hydrogens (tertiary/aromatic N) is 1. The molecule has 166 valence electrons. The van der Waals surface area contributed by atoms with Gasteiger partial charge in [0.2, 0.25) is 0 Å². The maximum Gasteiger partial charge on any atom is 0.309 e. The van der Waals surface area contributed by atoms with E-state index in [1.54, 1.807) is 7.11 Å². The third-order valence-corrected chi connectivity index (χ3v) is 5.21. The van der Waals surface area contributed by atoms with Crippen LogP contribution in [0.3, 0.4) is 0 Å². The number of allylic oxidation sites excluding steroid dienone is 4. The number of carboxylic acid groups (broad SMARTS) is 1. The maximum atomic E-state index is 10.9. The van der Waals surface area contributed by atoms with Crippen molar-refractivity contribution in [2.75, 3.05) is 26.7 Å². The summed E-state index contributed by atoms with van der Waals surface area (Å²) in [5.74, 6) is 1.29. The van der Waals surface area contributed by atoms with Gasteiger partial charge in [0.05, 0.1) is 13.0 Å². The van der Waals surface area contributed by atoms with Gasteiger partial charge in [-0.3, -0.25) is 9.69 Å². The Morgan fingerprint density at radius 2 is 1.88 bits per heavy atom. The van der Waals surface area contributed by atoms with Crippen molar-refractivity contribution in [2.24, 2.45) is 5.92 Å². The van der Waals surface area contributed by atoms with Gasteiger partial charge in [-0.25, -0.2) is 0 Å². The molecule has 0 aliphatic carbocycles. The molecule has 2 aromatic rings. The summed E-state index contributed by atoms with van der Waals surface area (Å²) in [6.45, 7) is 7.90. The molecular weight excluding hydrogens is 402 g/mol. The van der Waals surface area contributed by atoms with E-state index in [1.165, 1.54) is 0 Å². The number of hydrogen-bond donors (Lipinski definition) is 1. The van der Waals surface area contributed by atoms with Gasteiger partial charge in [0, 0.05) is 25.2 Å². The molecule has 1 aliphatic rings. The largest absolute Gasteiger partial charge is 0.496 e. The Labute approximate surface area is 189 Å². The third kappa shape index (κ3) is 6.46. The first-order valence-electron chi connectivity index (χ1n) is 10.5. The summed E-state index contributed by atoms with van der Waals surface area (Å²) in [6, 6.07) is 15.4. The zero-order chi connectivity index (χ0) is 22.9. The molecule has 5 nitrogen and oxygen atoms in total. The van der Waals surface area contributed by atoms with Gasteiger partial charge in [0.15, 0.2) is 0 Å². The monoisotopic (exact) mass is 431 g/mol. The summed E-state index contributed by atoms with van der Waals surface area (Å²) in [7, 11) is 1.65. The predicted octanol–water partition coefficient (Wildman–Crippen LogP) is 5.58. The lowest BCUT2D eigenvalue weighted by molar-refractivity contribution is -0.147. The topological polar surface area (TPSA) is 59.0 Å². The minimum absolute atomic E-state index is 0.252. The highest BCUT2D eigenvalue weighted by Gasteiger charge is 2.31. The van der Waals surface area contributed by atoms with E-state index in [0.717, 1.165) is 34.0 Å². The standard InChI is InChI=1S/C27H29NO4/c1-4-21(11-10-20(2)17-28-18-23(19-28)27(29)30)12-13-22-16-25(14-15-26(22)31-3)32-24-8-6-5-7-9-24/h4-16,23H,2,17-19H2,1,3H3,(H,29,30)/b11-10-,13-12+,21-4+. The maximum absolute atomic E-state index is 10.9. The van der Waals surface area contributed by atoms with Crippen LogP contribution in [0.2, 0.25) is 0 Å². The molecule has 32 heavy (non-hydrogen) atoms. The first-order valence-corrected chi connectivity index (χ1v) is 10.5. The number of likely N-dealkylation sites (tertiary alicyclic amines) is 1. The fourth-order valence-electron chi connectivity index (χ4n) is 3.37. The van der Waals surface area contributed by atoms with Crippen LogP contribution in [0.1, 0.15) is 12.5 Å².